The van der Waals surface area contributed by atoms with E-state index in [-0.39, 0.29) is 12.0 Å². The van der Waals surface area contributed by atoms with Gasteiger partial charge in [0.15, 0.2) is 5.56 Å². The molecule has 0 heterocycles. The number of carbonyl (C=O) groups excluding carboxylic acids is 1. The third-order valence-corrected chi connectivity index (χ3v) is 5.39. The lowest BCUT2D eigenvalue weighted by molar-refractivity contribution is 0.0662. The molecule has 1 amide bonds. The van der Waals surface area contributed by atoms with Crippen LogP contribution in [0.25, 0.3) is 0 Å². The normalized spacial score (nSPS) is 21.3. The molecular weight excluding hydrogens is 312 g/mol. The minimum Gasteiger partial charge on any atom is -0.429 e. The van der Waals surface area contributed by atoms with Crippen molar-refractivity contribution in [3.63, 3.8) is 0 Å². The average molecular weight is 347 g/mol. The summed E-state index contributed by atoms with van der Waals surface area (Å²) in [4.78, 5) is 13.5. The van der Waals surface area contributed by atoms with Crippen LogP contribution in [0.3, 0.4) is 0 Å². The van der Waals surface area contributed by atoms with E-state index in [0.717, 1.165) is 12.8 Å². The molecule has 4 nitrogen and oxygen atoms in total. The van der Waals surface area contributed by atoms with Crippen molar-refractivity contribution >= 4 is 17.7 Å². The number of hydrogen-bond donors (Lipinski definition) is 1. The Kier molecular flexibility index (Phi) is 9.96. The molecule has 2 fully saturated rings. The lowest BCUT2D eigenvalue weighted by atomic mass is 9.95. The second kappa shape index (κ2) is 11.1. The van der Waals surface area contributed by atoms with Gasteiger partial charge in [0.05, 0.1) is 0 Å². The average Bonchev–Trinajstić information content (AvgIpc) is 2.56. The zero-order chi connectivity index (χ0) is 17.2. The maximum absolute atomic E-state index is 11.8. The van der Waals surface area contributed by atoms with Gasteiger partial charge in [0.1, 0.15) is 0 Å². The number of carbonyl (C=O) groups is 1. The SMILES string of the molecule is CC(C)C(Cl)OC(=O)N(C)C1CCCCC1.NC1CCCCC1. The van der Waals surface area contributed by atoms with Gasteiger partial charge in [-0.3, -0.25) is 0 Å². The molecule has 2 N–H and O–H groups in total. The smallest absolute Gasteiger partial charge is 0.411 e. The van der Waals surface area contributed by atoms with Crippen LogP contribution in [0.2, 0.25) is 0 Å². The number of alkyl halides is 1. The van der Waals surface area contributed by atoms with Gasteiger partial charge in [0, 0.05) is 25.0 Å². The summed E-state index contributed by atoms with van der Waals surface area (Å²) in [5, 5.41) is 0. The van der Waals surface area contributed by atoms with Gasteiger partial charge in [-0.1, -0.05) is 64.0 Å². The number of amides is 1. The first kappa shape index (κ1) is 20.6. The highest BCUT2D eigenvalue weighted by Gasteiger charge is 2.25. The Bertz CT molecular complexity index is 327. The summed E-state index contributed by atoms with van der Waals surface area (Å²) in [6.07, 6.45) is 12.2. The predicted octanol–water partition coefficient (Wildman–Crippen LogP) is 4.89. The molecule has 1 unspecified atom stereocenters. The molecule has 0 aliphatic heterocycles. The zero-order valence-corrected chi connectivity index (χ0v) is 15.9. The topological polar surface area (TPSA) is 55.6 Å². The van der Waals surface area contributed by atoms with E-state index in [1.807, 2.05) is 20.9 Å². The second-order valence-electron chi connectivity index (χ2n) is 7.28. The molecule has 1 atom stereocenters. The molecule has 0 spiro atoms. The third-order valence-electron chi connectivity index (χ3n) is 4.80. The van der Waals surface area contributed by atoms with Crippen LogP contribution in [0.4, 0.5) is 4.79 Å². The van der Waals surface area contributed by atoms with Gasteiger partial charge >= 0.3 is 6.09 Å². The first-order valence-electron chi connectivity index (χ1n) is 9.25. The molecule has 0 aromatic rings. The van der Waals surface area contributed by atoms with Crippen LogP contribution in [0.5, 0.6) is 0 Å². The highest BCUT2D eigenvalue weighted by Crippen LogP contribution is 2.23. The summed E-state index contributed by atoms with van der Waals surface area (Å²) in [5.74, 6) is 0.144. The van der Waals surface area contributed by atoms with Crippen molar-refractivity contribution in [2.75, 3.05) is 7.05 Å². The van der Waals surface area contributed by atoms with Gasteiger partial charge in [0.25, 0.3) is 0 Å². The fourth-order valence-corrected chi connectivity index (χ4v) is 3.14. The van der Waals surface area contributed by atoms with Crippen LogP contribution in [-0.4, -0.2) is 35.7 Å². The molecule has 2 aliphatic carbocycles. The number of ether oxygens (including phenoxy) is 1. The van der Waals surface area contributed by atoms with Crippen LogP contribution < -0.4 is 5.73 Å². The first-order chi connectivity index (χ1) is 10.9. The molecule has 0 aromatic heterocycles. The highest BCUT2D eigenvalue weighted by molar-refractivity contribution is 6.20. The molecule has 0 saturated heterocycles. The van der Waals surface area contributed by atoms with E-state index in [9.17, 15) is 4.79 Å². The lowest BCUT2D eigenvalue weighted by Crippen LogP contribution is -2.40. The Morgan fingerprint density at radius 1 is 1.04 bits per heavy atom. The molecule has 5 heteroatoms. The fourth-order valence-electron chi connectivity index (χ4n) is 3.07. The monoisotopic (exact) mass is 346 g/mol. The summed E-state index contributed by atoms with van der Waals surface area (Å²) in [6.45, 7) is 3.87. The standard InChI is InChI=1S/C12H22ClNO2.C6H13N/c1-9(2)11(13)16-12(15)14(3)10-7-5-4-6-8-10;7-6-4-2-1-3-5-6/h9-11H,4-8H2,1-3H3;6H,1-5,7H2. The Hall–Kier alpha value is -0.480. The maximum Gasteiger partial charge on any atom is 0.411 e. The van der Waals surface area contributed by atoms with E-state index in [1.165, 1.54) is 51.4 Å². The van der Waals surface area contributed by atoms with Gasteiger partial charge < -0.3 is 15.4 Å². The van der Waals surface area contributed by atoms with Crippen molar-refractivity contribution in [3.8, 4) is 0 Å². The number of rotatable bonds is 3. The van der Waals surface area contributed by atoms with E-state index in [1.54, 1.807) is 4.90 Å². The van der Waals surface area contributed by atoms with E-state index >= 15 is 0 Å². The zero-order valence-electron chi connectivity index (χ0n) is 15.1. The molecular formula is C18H35ClN2O2. The second-order valence-corrected chi connectivity index (χ2v) is 7.71. The summed E-state index contributed by atoms with van der Waals surface area (Å²) in [6, 6.07) is 0.867. The van der Waals surface area contributed by atoms with Crippen molar-refractivity contribution in [3.05, 3.63) is 0 Å². The summed E-state index contributed by atoms with van der Waals surface area (Å²) < 4.78 is 5.18. The molecule has 0 aromatic carbocycles. The predicted molar refractivity (Wildman–Crippen MR) is 96.7 cm³/mol. The van der Waals surface area contributed by atoms with Gasteiger partial charge in [-0.15, -0.1) is 0 Å². The summed E-state index contributed by atoms with van der Waals surface area (Å²) in [7, 11) is 1.81. The van der Waals surface area contributed by atoms with Gasteiger partial charge in [-0.2, -0.15) is 0 Å². The number of hydrogen-bond acceptors (Lipinski definition) is 3. The van der Waals surface area contributed by atoms with Crippen molar-refractivity contribution in [2.45, 2.75) is 95.7 Å². The number of nitrogens with zero attached hydrogens (tertiary/aromatic N) is 1. The molecule has 2 aliphatic rings. The molecule has 2 saturated carbocycles. The van der Waals surface area contributed by atoms with Crippen molar-refractivity contribution in [1.29, 1.82) is 0 Å². The van der Waals surface area contributed by atoms with Crippen molar-refractivity contribution < 1.29 is 9.53 Å². The lowest BCUT2D eigenvalue weighted by Gasteiger charge is -2.31. The van der Waals surface area contributed by atoms with Crippen LogP contribution in [0.1, 0.15) is 78.1 Å². The van der Waals surface area contributed by atoms with Crippen molar-refractivity contribution in [1.82, 2.24) is 4.90 Å². The largest absolute Gasteiger partial charge is 0.429 e. The van der Waals surface area contributed by atoms with Crippen LogP contribution >= 0.6 is 11.6 Å². The van der Waals surface area contributed by atoms with Crippen LogP contribution in [0.15, 0.2) is 0 Å². The Morgan fingerprint density at radius 2 is 1.52 bits per heavy atom. The minimum absolute atomic E-state index is 0.144. The van der Waals surface area contributed by atoms with Gasteiger partial charge in [-0.05, 0) is 25.7 Å². The third kappa shape index (κ3) is 8.25. The van der Waals surface area contributed by atoms with E-state index < -0.39 is 5.56 Å². The molecule has 23 heavy (non-hydrogen) atoms. The molecule has 0 radical (unpaired) electrons. The number of nitrogens with two attached hydrogens (primary N) is 1. The Morgan fingerprint density at radius 3 is 1.91 bits per heavy atom. The van der Waals surface area contributed by atoms with Crippen LogP contribution in [0, 0.1) is 5.92 Å². The quantitative estimate of drug-likeness (QED) is 0.740. The van der Waals surface area contributed by atoms with Gasteiger partial charge in [-0.25, -0.2) is 4.79 Å². The summed E-state index contributed by atoms with van der Waals surface area (Å²) >= 11 is 5.92. The van der Waals surface area contributed by atoms with Crippen LogP contribution in [-0.2, 0) is 4.74 Å². The van der Waals surface area contributed by atoms with E-state index in [0.29, 0.717) is 12.1 Å². The number of halogens is 1. The Labute approximate surface area is 147 Å². The summed E-state index contributed by atoms with van der Waals surface area (Å²) in [5.41, 5.74) is 5.11. The minimum atomic E-state index is -0.529. The van der Waals surface area contributed by atoms with E-state index in [2.05, 4.69) is 0 Å². The van der Waals surface area contributed by atoms with Gasteiger partial charge in [0.2, 0.25) is 0 Å². The molecule has 2 rings (SSSR count). The van der Waals surface area contributed by atoms with Crippen molar-refractivity contribution in [2.24, 2.45) is 11.7 Å². The fraction of sp³-hybridized carbons (Fsp3) is 0.944. The molecule has 0 bridgehead atoms. The van der Waals surface area contributed by atoms with E-state index in [4.69, 9.17) is 22.1 Å². The maximum atomic E-state index is 11.8. The Balaban J connectivity index is 0.000000313. The molecule has 136 valence electrons. The highest BCUT2D eigenvalue weighted by atomic mass is 35.5. The first-order valence-corrected chi connectivity index (χ1v) is 9.68.